The van der Waals surface area contributed by atoms with E-state index in [4.69, 9.17) is 21.1 Å². The molecule has 1 saturated heterocycles. The predicted molar refractivity (Wildman–Crippen MR) is 148 cm³/mol. The number of sulfonamides is 1. The zero-order valence-electron chi connectivity index (χ0n) is 20.3. The molecule has 1 aliphatic rings. The first kappa shape index (κ1) is 26.8. The number of benzene rings is 3. The number of carbonyl (C=O) groups is 1. The highest BCUT2D eigenvalue weighted by atomic mass is 35.5. The quantitative estimate of drug-likeness (QED) is 0.290. The van der Waals surface area contributed by atoms with Crippen LogP contribution < -0.4 is 19.2 Å². The SMILES string of the molecule is COc1ccc(Cl)cc1N(CC(=O)N/N=C\c1ccc(OC2CSC2)cc1)S(=O)(=O)c1ccc(C)cc1. The molecule has 37 heavy (non-hydrogen) atoms. The van der Waals surface area contributed by atoms with Crippen LogP contribution in [0.4, 0.5) is 5.69 Å². The Morgan fingerprint density at radius 1 is 1.14 bits per heavy atom. The first-order chi connectivity index (χ1) is 17.8. The molecular weight excluding hydrogens is 534 g/mol. The largest absolute Gasteiger partial charge is 0.495 e. The van der Waals surface area contributed by atoms with Crippen molar-refractivity contribution in [1.82, 2.24) is 5.43 Å². The molecule has 194 valence electrons. The maximum Gasteiger partial charge on any atom is 0.264 e. The average molecular weight is 560 g/mol. The van der Waals surface area contributed by atoms with Gasteiger partial charge in [0.2, 0.25) is 0 Å². The molecule has 0 atom stereocenters. The third-order valence-electron chi connectivity index (χ3n) is 5.50. The van der Waals surface area contributed by atoms with Gasteiger partial charge in [-0.15, -0.1) is 0 Å². The molecule has 3 aromatic carbocycles. The summed E-state index contributed by atoms with van der Waals surface area (Å²) < 4.78 is 39.3. The Kier molecular flexibility index (Phi) is 8.63. The highest BCUT2D eigenvalue weighted by molar-refractivity contribution is 8.00. The third kappa shape index (κ3) is 6.76. The van der Waals surface area contributed by atoms with Gasteiger partial charge in [0.1, 0.15) is 24.1 Å². The lowest BCUT2D eigenvalue weighted by atomic mass is 10.2. The van der Waals surface area contributed by atoms with Crippen molar-refractivity contribution in [2.24, 2.45) is 5.10 Å². The number of carbonyl (C=O) groups excluding carboxylic acids is 1. The van der Waals surface area contributed by atoms with Crippen LogP contribution >= 0.6 is 23.4 Å². The van der Waals surface area contributed by atoms with E-state index in [1.54, 1.807) is 24.3 Å². The first-order valence-corrected chi connectivity index (χ1v) is 14.3. The van der Waals surface area contributed by atoms with Gasteiger partial charge < -0.3 is 9.47 Å². The monoisotopic (exact) mass is 559 g/mol. The second-order valence-electron chi connectivity index (χ2n) is 8.28. The lowest BCUT2D eigenvalue weighted by Crippen LogP contribution is -2.39. The smallest absolute Gasteiger partial charge is 0.264 e. The summed E-state index contributed by atoms with van der Waals surface area (Å²) in [6, 6.07) is 18.2. The lowest BCUT2D eigenvalue weighted by Gasteiger charge is -2.25. The van der Waals surface area contributed by atoms with Crippen LogP contribution in [-0.4, -0.2) is 51.8 Å². The van der Waals surface area contributed by atoms with Gasteiger partial charge in [0.25, 0.3) is 15.9 Å². The van der Waals surface area contributed by atoms with Crippen molar-refractivity contribution in [2.75, 3.05) is 29.5 Å². The lowest BCUT2D eigenvalue weighted by molar-refractivity contribution is -0.119. The number of rotatable bonds is 10. The summed E-state index contributed by atoms with van der Waals surface area (Å²) in [5.41, 5.74) is 4.18. The molecule has 0 aliphatic carbocycles. The third-order valence-corrected chi connectivity index (χ3v) is 8.72. The summed E-state index contributed by atoms with van der Waals surface area (Å²) in [6.07, 6.45) is 1.72. The number of methoxy groups -OCH3 is 1. The van der Waals surface area contributed by atoms with Crippen LogP contribution in [0.25, 0.3) is 0 Å². The Bertz CT molecular complexity index is 1380. The van der Waals surface area contributed by atoms with E-state index in [2.05, 4.69) is 10.5 Å². The van der Waals surface area contributed by atoms with E-state index in [1.807, 2.05) is 43.0 Å². The Morgan fingerprint density at radius 2 is 1.84 bits per heavy atom. The zero-order chi connectivity index (χ0) is 26.4. The maximum absolute atomic E-state index is 13.6. The molecule has 0 unspecified atom stereocenters. The van der Waals surface area contributed by atoms with Crippen LogP contribution in [0.3, 0.4) is 0 Å². The molecule has 1 amide bonds. The fourth-order valence-electron chi connectivity index (χ4n) is 3.45. The summed E-state index contributed by atoms with van der Waals surface area (Å²) in [5.74, 6) is 2.37. The molecule has 11 heteroatoms. The van der Waals surface area contributed by atoms with E-state index in [1.165, 1.54) is 31.5 Å². The summed E-state index contributed by atoms with van der Waals surface area (Å²) in [4.78, 5) is 12.8. The zero-order valence-corrected chi connectivity index (χ0v) is 22.6. The van der Waals surface area contributed by atoms with Crippen LogP contribution in [0.5, 0.6) is 11.5 Å². The number of hydrazone groups is 1. The fraction of sp³-hybridized carbons (Fsp3) is 0.231. The number of nitrogens with one attached hydrogen (secondary N) is 1. The first-order valence-electron chi connectivity index (χ1n) is 11.4. The minimum absolute atomic E-state index is 0.0271. The topological polar surface area (TPSA) is 97.3 Å². The highest BCUT2D eigenvalue weighted by Gasteiger charge is 2.29. The van der Waals surface area contributed by atoms with Gasteiger partial charge in [-0.3, -0.25) is 9.10 Å². The average Bonchev–Trinajstić information content (AvgIpc) is 2.86. The standard InChI is InChI=1S/C26H26ClN3O5S2/c1-18-3-10-23(11-4-18)37(32,33)30(24-13-20(27)7-12-25(24)34-2)15-26(31)29-28-14-19-5-8-21(9-6-19)35-22-16-36-17-22/h3-14,22H,15-17H2,1-2H3,(H,29,31)/b28-14-. The van der Waals surface area contributed by atoms with Gasteiger partial charge in [0.05, 0.1) is 23.9 Å². The van der Waals surface area contributed by atoms with Gasteiger partial charge in [-0.25, -0.2) is 13.8 Å². The van der Waals surface area contributed by atoms with E-state index in [0.29, 0.717) is 5.02 Å². The highest BCUT2D eigenvalue weighted by Crippen LogP contribution is 2.34. The van der Waals surface area contributed by atoms with E-state index in [9.17, 15) is 13.2 Å². The Hall–Kier alpha value is -3.21. The molecule has 8 nitrogen and oxygen atoms in total. The number of ether oxygens (including phenoxy) is 2. The molecule has 0 saturated carbocycles. The van der Waals surface area contributed by atoms with E-state index in [-0.39, 0.29) is 22.4 Å². The van der Waals surface area contributed by atoms with Crippen molar-refractivity contribution in [3.05, 3.63) is 82.9 Å². The van der Waals surface area contributed by atoms with Crippen molar-refractivity contribution >= 4 is 51.2 Å². The van der Waals surface area contributed by atoms with Gasteiger partial charge in [-0.2, -0.15) is 16.9 Å². The molecule has 4 rings (SSSR count). The molecule has 1 aliphatic heterocycles. The van der Waals surface area contributed by atoms with Crippen LogP contribution in [0, 0.1) is 6.92 Å². The van der Waals surface area contributed by atoms with Crippen molar-refractivity contribution in [3.63, 3.8) is 0 Å². The summed E-state index contributed by atoms with van der Waals surface area (Å²) in [6.45, 7) is 1.31. The Balaban J connectivity index is 1.51. The maximum atomic E-state index is 13.6. The second-order valence-corrected chi connectivity index (χ2v) is 11.7. The summed E-state index contributed by atoms with van der Waals surface area (Å²) in [7, 11) is -2.73. The number of thioether (sulfide) groups is 1. The number of amides is 1. The molecule has 0 aromatic heterocycles. The minimum atomic E-state index is -4.14. The van der Waals surface area contributed by atoms with Gasteiger partial charge in [-0.1, -0.05) is 29.3 Å². The van der Waals surface area contributed by atoms with Crippen molar-refractivity contribution in [3.8, 4) is 11.5 Å². The number of halogens is 1. The van der Waals surface area contributed by atoms with Gasteiger partial charge in [0.15, 0.2) is 0 Å². The molecule has 1 heterocycles. The molecule has 0 bridgehead atoms. The number of hydrogen-bond donors (Lipinski definition) is 1. The van der Waals surface area contributed by atoms with Crippen LogP contribution in [0.2, 0.25) is 5.02 Å². The van der Waals surface area contributed by atoms with Gasteiger partial charge in [0, 0.05) is 16.5 Å². The van der Waals surface area contributed by atoms with Crippen molar-refractivity contribution < 1.29 is 22.7 Å². The van der Waals surface area contributed by atoms with Crippen LogP contribution in [-0.2, 0) is 14.8 Å². The summed E-state index contributed by atoms with van der Waals surface area (Å²) in [5, 5.41) is 4.28. The normalized spacial score (nSPS) is 13.7. The van der Waals surface area contributed by atoms with Crippen molar-refractivity contribution in [2.45, 2.75) is 17.9 Å². The van der Waals surface area contributed by atoms with Crippen LogP contribution in [0.15, 0.2) is 76.7 Å². The second kappa shape index (κ2) is 11.9. The fourth-order valence-corrected chi connectivity index (χ4v) is 5.60. The van der Waals surface area contributed by atoms with E-state index < -0.39 is 22.5 Å². The predicted octanol–water partition coefficient (Wildman–Crippen LogP) is 4.50. The van der Waals surface area contributed by atoms with Gasteiger partial charge in [-0.05, 0) is 67.1 Å². The number of hydrogen-bond acceptors (Lipinski definition) is 7. The van der Waals surface area contributed by atoms with Crippen LogP contribution in [0.1, 0.15) is 11.1 Å². The number of aryl methyl sites for hydroxylation is 1. The molecule has 0 spiro atoms. The van der Waals surface area contributed by atoms with E-state index in [0.717, 1.165) is 32.7 Å². The molecule has 1 fully saturated rings. The molecule has 0 radical (unpaired) electrons. The minimum Gasteiger partial charge on any atom is -0.495 e. The van der Waals surface area contributed by atoms with E-state index >= 15 is 0 Å². The van der Waals surface area contributed by atoms with Gasteiger partial charge >= 0.3 is 0 Å². The molecule has 1 N–H and O–H groups in total. The number of nitrogens with zero attached hydrogens (tertiary/aromatic N) is 2. The number of anilines is 1. The Labute approximate surface area is 225 Å². The van der Waals surface area contributed by atoms with Crippen molar-refractivity contribution in [1.29, 1.82) is 0 Å². The molecule has 3 aromatic rings. The summed E-state index contributed by atoms with van der Waals surface area (Å²) >= 11 is 8.01. The molecular formula is C26H26ClN3O5S2. The Morgan fingerprint density at radius 3 is 2.46 bits per heavy atom.